The van der Waals surface area contributed by atoms with Gasteiger partial charge in [0.2, 0.25) is 5.88 Å². The third-order valence-electron chi connectivity index (χ3n) is 3.47. The Morgan fingerprint density at radius 3 is 2.80 bits per heavy atom. The first-order valence-corrected chi connectivity index (χ1v) is 6.60. The Labute approximate surface area is 117 Å². The molecule has 6 nitrogen and oxygen atoms in total. The van der Waals surface area contributed by atoms with E-state index in [1.54, 1.807) is 19.1 Å². The van der Waals surface area contributed by atoms with Crippen molar-refractivity contribution in [2.45, 2.75) is 32.2 Å². The maximum atomic E-state index is 12.5. The van der Waals surface area contributed by atoms with Gasteiger partial charge in [-0.05, 0) is 38.3 Å². The van der Waals surface area contributed by atoms with E-state index in [9.17, 15) is 14.7 Å². The van der Waals surface area contributed by atoms with Gasteiger partial charge in [-0.15, -0.1) is 0 Å². The fourth-order valence-electron chi connectivity index (χ4n) is 2.44. The topological polar surface area (TPSA) is 79.7 Å². The normalized spacial score (nSPS) is 18.7. The number of hydrogen-bond acceptors (Lipinski definition) is 4. The number of carboxylic acids is 1. The highest BCUT2D eigenvalue weighted by molar-refractivity contribution is 5.98. The Hall–Kier alpha value is -2.11. The molecule has 1 aromatic rings. The van der Waals surface area contributed by atoms with Crippen LogP contribution in [0.5, 0.6) is 5.88 Å². The molecule has 2 heterocycles. The fourth-order valence-corrected chi connectivity index (χ4v) is 2.44. The summed E-state index contributed by atoms with van der Waals surface area (Å²) in [7, 11) is 1.45. The zero-order valence-electron chi connectivity index (χ0n) is 11.6. The van der Waals surface area contributed by atoms with Gasteiger partial charge in [0, 0.05) is 12.2 Å². The number of pyridine rings is 1. The first-order chi connectivity index (χ1) is 9.54. The molecule has 1 aliphatic heterocycles. The molecule has 0 aliphatic carbocycles. The van der Waals surface area contributed by atoms with Gasteiger partial charge in [0.05, 0.1) is 7.11 Å². The van der Waals surface area contributed by atoms with Crippen molar-refractivity contribution in [1.29, 1.82) is 0 Å². The molecular weight excluding hydrogens is 260 g/mol. The first kappa shape index (κ1) is 14.3. The van der Waals surface area contributed by atoms with Crippen LogP contribution in [-0.4, -0.2) is 46.6 Å². The zero-order chi connectivity index (χ0) is 14.7. The van der Waals surface area contributed by atoms with Crippen LogP contribution < -0.4 is 4.74 Å². The van der Waals surface area contributed by atoms with Crippen molar-refractivity contribution in [3.8, 4) is 5.88 Å². The van der Waals surface area contributed by atoms with Crippen molar-refractivity contribution >= 4 is 11.9 Å². The van der Waals surface area contributed by atoms with E-state index in [-0.39, 0.29) is 11.8 Å². The molecule has 0 radical (unpaired) electrons. The van der Waals surface area contributed by atoms with Crippen LogP contribution in [0.15, 0.2) is 12.1 Å². The van der Waals surface area contributed by atoms with Crippen molar-refractivity contribution in [2.75, 3.05) is 13.7 Å². The third-order valence-corrected chi connectivity index (χ3v) is 3.47. The van der Waals surface area contributed by atoms with E-state index >= 15 is 0 Å². The predicted octanol–water partition coefficient (Wildman–Crippen LogP) is 1.48. The summed E-state index contributed by atoms with van der Waals surface area (Å²) in [5.74, 6) is -1.05. The minimum absolute atomic E-state index is 0.240. The number of aromatic nitrogens is 1. The quantitative estimate of drug-likeness (QED) is 0.905. The fraction of sp³-hybridized carbons (Fsp3) is 0.500. The van der Waals surface area contributed by atoms with Gasteiger partial charge >= 0.3 is 5.97 Å². The van der Waals surface area contributed by atoms with Gasteiger partial charge < -0.3 is 14.7 Å². The van der Waals surface area contributed by atoms with Crippen molar-refractivity contribution in [1.82, 2.24) is 9.88 Å². The van der Waals surface area contributed by atoms with Crippen molar-refractivity contribution in [2.24, 2.45) is 0 Å². The molecule has 2 rings (SSSR count). The Morgan fingerprint density at radius 1 is 1.40 bits per heavy atom. The number of likely N-dealkylation sites (tertiary alicyclic amines) is 1. The standard InChI is InChI=1S/C14H18N2O4/c1-9-6-7-10(12(15-9)20-2)13(17)16-8-4-3-5-11(16)14(18)19/h6-7,11H,3-5,8H2,1-2H3,(H,18,19)/t11-/m1/s1. The van der Waals surface area contributed by atoms with Crippen molar-refractivity contribution in [3.63, 3.8) is 0 Å². The summed E-state index contributed by atoms with van der Waals surface area (Å²) in [6.45, 7) is 2.25. The summed E-state index contributed by atoms with van der Waals surface area (Å²) < 4.78 is 5.13. The Morgan fingerprint density at radius 2 is 2.15 bits per heavy atom. The molecule has 1 N–H and O–H groups in total. The largest absolute Gasteiger partial charge is 0.480 e. The summed E-state index contributed by atoms with van der Waals surface area (Å²) in [6.07, 6.45) is 2.13. The highest BCUT2D eigenvalue weighted by Gasteiger charge is 2.33. The molecule has 1 fully saturated rings. The van der Waals surface area contributed by atoms with E-state index in [1.165, 1.54) is 12.0 Å². The van der Waals surface area contributed by atoms with Crippen LogP contribution in [0, 0.1) is 6.92 Å². The highest BCUT2D eigenvalue weighted by Crippen LogP contribution is 2.23. The van der Waals surface area contributed by atoms with Crippen LogP contribution in [0.4, 0.5) is 0 Å². The lowest BCUT2D eigenvalue weighted by atomic mass is 10.0. The van der Waals surface area contributed by atoms with Crippen LogP contribution in [0.1, 0.15) is 35.3 Å². The number of ether oxygens (including phenoxy) is 1. The summed E-state index contributed by atoms with van der Waals surface area (Å²) in [4.78, 5) is 29.4. The van der Waals surface area contributed by atoms with Crippen LogP contribution in [-0.2, 0) is 4.79 Å². The molecule has 0 aromatic carbocycles. The predicted molar refractivity (Wildman–Crippen MR) is 71.8 cm³/mol. The van der Waals surface area contributed by atoms with Gasteiger partial charge in [-0.3, -0.25) is 4.79 Å². The lowest BCUT2D eigenvalue weighted by molar-refractivity contribution is -0.143. The average molecular weight is 278 g/mol. The second-order valence-corrected chi connectivity index (χ2v) is 4.86. The van der Waals surface area contributed by atoms with Crippen LogP contribution in [0.2, 0.25) is 0 Å². The molecule has 108 valence electrons. The number of carboxylic acid groups (broad SMARTS) is 1. The number of methoxy groups -OCH3 is 1. The van der Waals surface area contributed by atoms with Gasteiger partial charge in [0.15, 0.2) is 0 Å². The van der Waals surface area contributed by atoms with E-state index in [0.717, 1.165) is 18.5 Å². The lowest BCUT2D eigenvalue weighted by Gasteiger charge is -2.33. The molecule has 20 heavy (non-hydrogen) atoms. The smallest absolute Gasteiger partial charge is 0.326 e. The number of hydrogen-bond donors (Lipinski definition) is 1. The summed E-state index contributed by atoms with van der Waals surface area (Å²) in [5, 5.41) is 9.23. The SMILES string of the molecule is COc1nc(C)ccc1C(=O)N1CCCC[C@@H]1C(=O)O. The van der Waals surface area contributed by atoms with Crippen LogP contribution >= 0.6 is 0 Å². The number of rotatable bonds is 3. The monoisotopic (exact) mass is 278 g/mol. The number of aryl methyl sites for hydroxylation is 1. The maximum Gasteiger partial charge on any atom is 0.326 e. The molecule has 1 atom stereocenters. The molecule has 0 spiro atoms. The highest BCUT2D eigenvalue weighted by atomic mass is 16.5. The van der Waals surface area contributed by atoms with Crippen molar-refractivity contribution < 1.29 is 19.4 Å². The van der Waals surface area contributed by atoms with E-state index in [4.69, 9.17) is 4.74 Å². The number of nitrogens with zero attached hydrogens (tertiary/aromatic N) is 2. The van der Waals surface area contributed by atoms with Gasteiger partial charge in [0.25, 0.3) is 5.91 Å². The molecule has 1 amide bonds. The summed E-state index contributed by atoms with van der Waals surface area (Å²) in [6, 6.07) is 2.59. The van der Waals surface area contributed by atoms with E-state index in [1.807, 2.05) is 0 Å². The minimum Gasteiger partial charge on any atom is -0.480 e. The van der Waals surface area contributed by atoms with Gasteiger partial charge in [-0.25, -0.2) is 9.78 Å². The molecule has 0 saturated carbocycles. The molecule has 0 unspecified atom stereocenters. The third kappa shape index (κ3) is 2.74. The molecule has 1 saturated heterocycles. The molecule has 1 aromatic heterocycles. The first-order valence-electron chi connectivity index (χ1n) is 6.60. The zero-order valence-corrected chi connectivity index (χ0v) is 11.6. The van der Waals surface area contributed by atoms with E-state index in [2.05, 4.69) is 4.98 Å². The van der Waals surface area contributed by atoms with Gasteiger partial charge in [-0.1, -0.05) is 0 Å². The second kappa shape index (κ2) is 5.90. The van der Waals surface area contributed by atoms with Gasteiger partial charge in [-0.2, -0.15) is 0 Å². The average Bonchev–Trinajstić information content (AvgIpc) is 2.46. The van der Waals surface area contributed by atoms with Crippen LogP contribution in [0.25, 0.3) is 0 Å². The van der Waals surface area contributed by atoms with Crippen molar-refractivity contribution in [3.05, 3.63) is 23.4 Å². The summed E-state index contributed by atoms with van der Waals surface area (Å²) >= 11 is 0. The Balaban J connectivity index is 2.32. The molecule has 6 heteroatoms. The summed E-state index contributed by atoms with van der Waals surface area (Å²) in [5.41, 5.74) is 1.05. The number of carbonyl (C=O) groups excluding carboxylic acids is 1. The van der Waals surface area contributed by atoms with E-state index < -0.39 is 12.0 Å². The molecule has 0 bridgehead atoms. The minimum atomic E-state index is -0.961. The van der Waals surface area contributed by atoms with E-state index in [0.29, 0.717) is 18.5 Å². The number of piperidine rings is 1. The van der Waals surface area contributed by atoms with Gasteiger partial charge in [0.1, 0.15) is 11.6 Å². The van der Waals surface area contributed by atoms with Crippen LogP contribution in [0.3, 0.4) is 0 Å². The Kier molecular flexibility index (Phi) is 4.22. The Bertz CT molecular complexity index is 530. The lowest BCUT2D eigenvalue weighted by Crippen LogP contribution is -2.48. The number of carbonyl (C=O) groups is 2. The number of amides is 1. The molecule has 1 aliphatic rings. The number of aliphatic carboxylic acids is 1. The second-order valence-electron chi connectivity index (χ2n) is 4.86. The molecular formula is C14H18N2O4. The maximum absolute atomic E-state index is 12.5.